The molecular weight excluding hydrogens is 270 g/mol. The number of rotatable bonds is 1. The van der Waals surface area contributed by atoms with Gasteiger partial charge in [0.1, 0.15) is 0 Å². The molecule has 1 aliphatic rings. The second-order valence-corrected chi connectivity index (χ2v) is 4.68. The molecule has 1 N–H and O–H groups in total. The molecule has 4 rings (SSSR count). The normalized spacial score (nSPS) is 11.8. The van der Waals surface area contributed by atoms with Crippen molar-refractivity contribution < 1.29 is 0 Å². The number of halogens is 1. The van der Waals surface area contributed by atoms with Crippen LogP contribution in [0.15, 0.2) is 60.8 Å². The Labute approximate surface area is 123 Å². The number of fused-ring (bicyclic) bond motifs is 3. The topological polar surface area (TPSA) is 29.9 Å². The molecule has 0 saturated carbocycles. The van der Waals surface area contributed by atoms with Gasteiger partial charge in [0.05, 0.1) is 11.4 Å². The van der Waals surface area contributed by atoms with E-state index in [9.17, 15) is 0 Å². The Bertz CT molecular complexity index is 734. The zero-order chi connectivity index (χ0) is 12.7. The summed E-state index contributed by atoms with van der Waals surface area (Å²) in [5.41, 5.74) is 5.75. The van der Waals surface area contributed by atoms with Crippen LogP contribution in [-0.4, -0.2) is 9.78 Å². The van der Waals surface area contributed by atoms with E-state index in [0.717, 1.165) is 23.6 Å². The SMILES string of the molecule is Cl.c1ccc(-n2cc3c(n2)-c2ccccc2NC3)cc1. The Balaban J connectivity index is 0.00000121. The number of nitrogens with one attached hydrogen (secondary N) is 1. The summed E-state index contributed by atoms with van der Waals surface area (Å²) in [7, 11) is 0. The first-order valence-electron chi connectivity index (χ1n) is 6.39. The van der Waals surface area contributed by atoms with Crippen molar-refractivity contribution >= 4 is 18.1 Å². The second kappa shape index (κ2) is 5.02. The van der Waals surface area contributed by atoms with Gasteiger partial charge in [0.25, 0.3) is 0 Å². The quantitative estimate of drug-likeness (QED) is 0.734. The number of benzene rings is 2. The van der Waals surface area contributed by atoms with Crippen molar-refractivity contribution in [1.29, 1.82) is 0 Å². The third kappa shape index (κ3) is 1.96. The van der Waals surface area contributed by atoms with Crippen LogP contribution in [0.4, 0.5) is 5.69 Å². The lowest BCUT2D eigenvalue weighted by Crippen LogP contribution is -2.06. The lowest BCUT2D eigenvalue weighted by molar-refractivity contribution is 0.884. The lowest BCUT2D eigenvalue weighted by Gasteiger charge is -2.16. The van der Waals surface area contributed by atoms with Gasteiger partial charge in [-0.2, -0.15) is 5.10 Å². The Morgan fingerprint density at radius 2 is 1.70 bits per heavy atom. The molecule has 0 atom stereocenters. The molecule has 100 valence electrons. The molecule has 0 bridgehead atoms. The highest BCUT2D eigenvalue weighted by molar-refractivity contribution is 5.85. The predicted octanol–water partition coefficient (Wildman–Crippen LogP) is 3.89. The highest BCUT2D eigenvalue weighted by Gasteiger charge is 2.19. The molecule has 0 fully saturated rings. The maximum absolute atomic E-state index is 4.74. The molecule has 2 aromatic carbocycles. The molecule has 0 radical (unpaired) electrons. The largest absolute Gasteiger partial charge is 0.380 e. The summed E-state index contributed by atoms with van der Waals surface area (Å²) < 4.78 is 1.95. The van der Waals surface area contributed by atoms with Crippen molar-refractivity contribution in [3.8, 4) is 16.9 Å². The number of aromatic nitrogens is 2. The van der Waals surface area contributed by atoms with E-state index in [1.807, 2.05) is 28.9 Å². The van der Waals surface area contributed by atoms with Crippen LogP contribution in [0.2, 0.25) is 0 Å². The Hall–Kier alpha value is -2.26. The third-order valence-corrected chi connectivity index (χ3v) is 3.46. The summed E-state index contributed by atoms with van der Waals surface area (Å²) in [6.07, 6.45) is 2.10. The molecule has 2 heterocycles. The molecule has 0 saturated heterocycles. The van der Waals surface area contributed by atoms with E-state index in [0.29, 0.717) is 0 Å². The van der Waals surface area contributed by atoms with Crippen LogP contribution in [0, 0.1) is 0 Å². The highest BCUT2D eigenvalue weighted by atomic mass is 35.5. The molecule has 0 amide bonds. The predicted molar refractivity (Wildman–Crippen MR) is 83.6 cm³/mol. The van der Waals surface area contributed by atoms with Crippen LogP contribution < -0.4 is 5.32 Å². The molecule has 0 aliphatic carbocycles. The zero-order valence-corrected chi connectivity index (χ0v) is 11.6. The minimum atomic E-state index is 0. The smallest absolute Gasteiger partial charge is 0.0998 e. The first kappa shape index (κ1) is 12.8. The van der Waals surface area contributed by atoms with Crippen LogP contribution in [0.3, 0.4) is 0 Å². The van der Waals surface area contributed by atoms with Crippen LogP contribution in [0.1, 0.15) is 5.56 Å². The van der Waals surface area contributed by atoms with E-state index >= 15 is 0 Å². The van der Waals surface area contributed by atoms with Crippen molar-refractivity contribution in [1.82, 2.24) is 9.78 Å². The van der Waals surface area contributed by atoms with Crippen molar-refractivity contribution in [3.63, 3.8) is 0 Å². The summed E-state index contributed by atoms with van der Waals surface area (Å²) in [5, 5.41) is 8.17. The average Bonchev–Trinajstić information content (AvgIpc) is 2.93. The Morgan fingerprint density at radius 3 is 2.55 bits per heavy atom. The molecule has 0 spiro atoms. The van der Waals surface area contributed by atoms with Crippen molar-refractivity contribution in [3.05, 3.63) is 66.4 Å². The number of para-hydroxylation sites is 2. The number of hydrogen-bond acceptors (Lipinski definition) is 2. The fourth-order valence-corrected chi connectivity index (χ4v) is 2.51. The lowest BCUT2D eigenvalue weighted by atomic mass is 10.0. The van der Waals surface area contributed by atoms with E-state index in [1.54, 1.807) is 0 Å². The zero-order valence-electron chi connectivity index (χ0n) is 10.8. The summed E-state index contributed by atoms with van der Waals surface area (Å²) in [6, 6.07) is 18.5. The molecule has 0 unspecified atom stereocenters. The number of hydrogen-bond donors (Lipinski definition) is 1. The van der Waals surface area contributed by atoms with E-state index in [1.165, 1.54) is 11.1 Å². The van der Waals surface area contributed by atoms with E-state index in [4.69, 9.17) is 5.10 Å². The van der Waals surface area contributed by atoms with Gasteiger partial charge in [-0.05, 0) is 18.2 Å². The average molecular weight is 284 g/mol. The van der Waals surface area contributed by atoms with Crippen LogP contribution >= 0.6 is 12.4 Å². The maximum Gasteiger partial charge on any atom is 0.0998 e. The van der Waals surface area contributed by atoms with Crippen molar-refractivity contribution in [2.24, 2.45) is 0 Å². The molecule has 20 heavy (non-hydrogen) atoms. The van der Waals surface area contributed by atoms with Gasteiger partial charge in [-0.25, -0.2) is 4.68 Å². The minimum absolute atomic E-state index is 0. The highest BCUT2D eigenvalue weighted by Crippen LogP contribution is 2.34. The number of anilines is 1. The van der Waals surface area contributed by atoms with Gasteiger partial charge in [-0.15, -0.1) is 12.4 Å². The van der Waals surface area contributed by atoms with Crippen LogP contribution in [0.25, 0.3) is 16.9 Å². The van der Waals surface area contributed by atoms with Crippen molar-refractivity contribution in [2.75, 3.05) is 5.32 Å². The van der Waals surface area contributed by atoms with Gasteiger partial charge >= 0.3 is 0 Å². The maximum atomic E-state index is 4.74. The molecule has 1 aliphatic heterocycles. The molecule has 3 nitrogen and oxygen atoms in total. The fourth-order valence-electron chi connectivity index (χ4n) is 2.51. The minimum Gasteiger partial charge on any atom is -0.380 e. The third-order valence-electron chi connectivity index (χ3n) is 3.46. The van der Waals surface area contributed by atoms with E-state index < -0.39 is 0 Å². The van der Waals surface area contributed by atoms with Crippen molar-refractivity contribution in [2.45, 2.75) is 6.54 Å². The van der Waals surface area contributed by atoms with Gasteiger partial charge in [-0.3, -0.25) is 0 Å². The van der Waals surface area contributed by atoms with E-state index in [2.05, 4.69) is 41.8 Å². The van der Waals surface area contributed by atoms with Gasteiger partial charge in [0.15, 0.2) is 0 Å². The summed E-state index contributed by atoms with van der Waals surface area (Å²) >= 11 is 0. The number of nitrogens with zero attached hydrogens (tertiary/aromatic N) is 2. The first-order chi connectivity index (χ1) is 9.42. The standard InChI is InChI=1S/C16H13N3.ClH/c1-2-6-13(7-3-1)19-11-12-10-17-15-9-5-4-8-14(15)16(12)18-19;/h1-9,11,17H,10H2;1H. The van der Waals surface area contributed by atoms with Crippen LogP contribution in [0.5, 0.6) is 0 Å². The summed E-state index contributed by atoms with van der Waals surface area (Å²) in [6.45, 7) is 0.833. The molecule has 3 aromatic rings. The van der Waals surface area contributed by atoms with Crippen LogP contribution in [-0.2, 0) is 6.54 Å². The molecular formula is C16H14ClN3. The van der Waals surface area contributed by atoms with Gasteiger partial charge < -0.3 is 5.32 Å². The van der Waals surface area contributed by atoms with Gasteiger partial charge in [0, 0.05) is 29.6 Å². The first-order valence-corrected chi connectivity index (χ1v) is 6.39. The van der Waals surface area contributed by atoms with Gasteiger partial charge in [-0.1, -0.05) is 36.4 Å². The second-order valence-electron chi connectivity index (χ2n) is 4.68. The summed E-state index contributed by atoms with van der Waals surface area (Å²) in [5.74, 6) is 0. The Morgan fingerprint density at radius 1 is 0.950 bits per heavy atom. The fraction of sp³-hybridized carbons (Fsp3) is 0.0625. The molecule has 4 heteroatoms. The van der Waals surface area contributed by atoms with E-state index in [-0.39, 0.29) is 12.4 Å². The monoisotopic (exact) mass is 283 g/mol. The van der Waals surface area contributed by atoms with Gasteiger partial charge in [0.2, 0.25) is 0 Å². The summed E-state index contributed by atoms with van der Waals surface area (Å²) in [4.78, 5) is 0. The Kier molecular flexibility index (Phi) is 3.20. The molecule has 1 aromatic heterocycles.